The second-order valence-corrected chi connectivity index (χ2v) is 3.72. The van der Waals surface area contributed by atoms with E-state index in [-0.39, 0.29) is 12.3 Å². The summed E-state index contributed by atoms with van der Waals surface area (Å²) in [6, 6.07) is 1.64. The SMILES string of the molecule is COc1c(C)c(Cl)cc(C(=O)CN)c1C. The van der Waals surface area contributed by atoms with E-state index in [2.05, 4.69) is 0 Å². The third-order valence-corrected chi connectivity index (χ3v) is 2.80. The van der Waals surface area contributed by atoms with Crippen molar-refractivity contribution in [2.75, 3.05) is 13.7 Å². The average molecular weight is 228 g/mol. The van der Waals surface area contributed by atoms with E-state index in [1.54, 1.807) is 13.2 Å². The monoisotopic (exact) mass is 227 g/mol. The summed E-state index contributed by atoms with van der Waals surface area (Å²) in [6.45, 7) is 3.65. The van der Waals surface area contributed by atoms with Crippen LogP contribution in [-0.2, 0) is 0 Å². The summed E-state index contributed by atoms with van der Waals surface area (Å²) in [5.74, 6) is 0.520. The smallest absolute Gasteiger partial charge is 0.176 e. The first-order valence-electron chi connectivity index (χ1n) is 4.59. The molecule has 15 heavy (non-hydrogen) atoms. The zero-order valence-corrected chi connectivity index (χ0v) is 9.81. The fourth-order valence-electron chi connectivity index (χ4n) is 1.56. The van der Waals surface area contributed by atoms with E-state index in [4.69, 9.17) is 22.1 Å². The third kappa shape index (κ3) is 2.13. The van der Waals surface area contributed by atoms with E-state index in [0.717, 1.165) is 11.1 Å². The number of ether oxygens (including phenoxy) is 1. The van der Waals surface area contributed by atoms with Crippen LogP contribution in [0.4, 0.5) is 0 Å². The third-order valence-electron chi connectivity index (χ3n) is 2.40. The van der Waals surface area contributed by atoms with E-state index in [1.165, 1.54) is 0 Å². The van der Waals surface area contributed by atoms with Gasteiger partial charge in [-0.05, 0) is 19.9 Å². The second kappa shape index (κ2) is 4.64. The zero-order chi connectivity index (χ0) is 11.6. The molecule has 1 aromatic rings. The summed E-state index contributed by atoms with van der Waals surface area (Å²) < 4.78 is 5.21. The lowest BCUT2D eigenvalue weighted by molar-refractivity contribution is 0.100. The van der Waals surface area contributed by atoms with Crippen LogP contribution in [0.25, 0.3) is 0 Å². The van der Waals surface area contributed by atoms with Crippen molar-refractivity contribution >= 4 is 17.4 Å². The molecule has 0 atom stereocenters. The molecule has 1 rings (SSSR count). The quantitative estimate of drug-likeness (QED) is 0.805. The highest BCUT2D eigenvalue weighted by molar-refractivity contribution is 6.32. The van der Waals surface area contributed by atoms with Crippen LogP contribution >= 0.6 is 11.6 Å². The first kappa shape index (κ1) is 12.0. The summed E-state index contributed by atoms with van der Waals surface area (Å²) in [5.41, 5.74) is 7.48. The molecule has 0 spiro atoms. The van der Waals surface area contributed by atoms with E-state index in [0.29, 0.717) is 16.3 Å². The Balaban J connectivity index is 3.43. The molecular weight excluding hydrogens is 214 g/mol. The van der Waals surface area contributed by atoms with Crippen LogP contribution in [0.1, 0.15) is 21.5 Å². The maximum atomic E-state index is 11.5. The summed E-state index contributed by atoms with van der Waals surface area (Å²) >= 11 is 6.00. The van der Waals surface area contributed by atoms with Crippen molar-refractivity contribution in [3.63, 3.8) is 0 Å². The van der Waals surface area contributed by atoms with Gasteiger partial charge in [0.2, 0.25) is 0 Å². The first-order valence-corrected chi connectivity index (χ1v) is 4.97. The van der Waals surface area contributed by atoms with Gasteiger partial charge in [-0.15, -0.1) is 0 Å². The molecule has 0 saturated carbocycles. The first-order chi connectivity index (χ1) is 7.02. The Bertz CT molecular complexity index is 402. The van der Waals surface area contributed by atoms with Gasteiger partial charge >= 0.3 is 0 Å². The average Bonchev–Trinajstić information content (AvgIpc) is 2.23. The highest BCUT2D eigenvalue weighted by atomic mass is 35.5. The molecule has 0 fully saturated rings. The maximum absolute atomic E-state index is 11.5. The zero-order valence-electron chi connectivity index (χ0n) is 9.06. The number of hydrogen-bond acceptors (Lipinski definition) is 3. The fourth-order valence-corrected chi connectivity index (χ4v) is 1.76. The summed E-state index contributed by atoms with van der Waals surface area (Å²) in [6.07, 6.45) is 0. The van der Waals surface area contributed by atoms with Crippen LogP contribution in [0.2, 0.25) is 5.02 Å². The molecule has 1 aromatic carbocycles. The van der Waals surface area contributed by atoms with Gasteiger partial charge < -0.3 is 10.5 Å². The number of ketones is 1. The molecular formula is C11H14ClNO2. The van der Waals surface area contributed by atoms with Crippen LogP contribution < -0.4 is 10.5 Å². The Morgan fingerprint density at radius 1 is 1.47 bits per heavy atom. The van der Waals surface area contributed by atoms with Crippen molar-refractivity contribution < 1.29 is 9.53 Å². The Labute approximate surface area is 94.2 Å². The normalized spacial score (nSPS) is 10.2. The molecule has 0 amide bonds. The van der Waals surface area contributed by atoms with Gasteiger partial charge in [0.25, 0.3) is 0 Å². The number of rotatable bonds is 3. The molecule has 3 nitrogen and oxygen atoms in total. The van der Waals surface area contributed by atoms with Gasteiger partial charge in [-0.25, -0.2) is 0 Å². The molecule has 0 aliphatic rings. The maximum Gasteiger partial charge on any atom is 0.176 e. The lowest BCUT2D eigenvalue weighted by atomic mass is 10.0. The number of methoxy groups -OCH3 is 1. The second-order valence-electron chi connectivity index (χ2n) is 3.32. The van der Waals surface area contributed by atoms with Crippen LogP contribution in [0.5, 0.6) is 5.75 Å². The van der Waals surface area contributed by atoms with Crippen LogP contribution in [0.15, 0.2) is 6.07 Å². The number of Topliss-reactive ketones (excluding diaryl/α,β-unsaturated/α-hetero) is 1. The molecule has 0 unspecified atom stereocenters. The number of halogens is 1. The Kier molecular flexibility index (Phi) is 3.72. The van der Waals surface area contributed by atoms with Gasteiger partial charge in [-0.1, -0.05) is 11.6 Å². The predicted octanol–water partition coefficient (Wildman–Crippen LogP) is 2.11. The molecule has 2 N–H and O–H groups in total. The molecule has 0 bridgehead atoms. The molecule has 82 valence electrons. The summed E-state index contributed by atoms with van der Waals surface area (Å²) in [5, 5.41) is 0.522. The van der Waals surface area contributed by atoms with Gasteiger partial charge in [-0.2, -0.15) is 0 Å². The highest BCUT2D eigenvalue weighted by Crippen LogP contribution is 2.32. The van der Waals surface area contributed by atoms with Crippen molar-refractivity contribution in [3.8, 4) is 5.75 Å². The molecule has 0 aliphatic heterocycles. The minimum atomic E-state index is -0.132. The molecule has 0 heterocycles. The van der Waals surface area contributed by atoms with Gasteiger partial charge in [-0.3, -0.25) is 4.79 Å². The van der Waals surface area contributed by atoms with E-state index >= 15 is 0 Å². The Hall–Kier alpha value is -1.06. The Morgan fingerprint density at radius 2 is 2.07 bits per heavy atom. The summed E-state index contributed by atoms with van der Waals surface area (Å²) in [7, 11) is 1.56. The number of carbonyl (C=O) groups excluding carboxylic acids is 1. The van der Waals surface area contributed by atoms with E-state index in [1.807, 2.05) is 13.8 Å². The van der Waals surface area contributed by atoms with Gasteiger partial charge in [0.1, 0.15) is 5.75 Å². The van der Waals surface area contributed by atoms with Crippen molar-refractivity contribution in [1.82, 2.24) is 0 Å². The molecule has 0 radical (unpaired) electrons. The predicted molar refractivity (Wildman–Crippen MR) is 60.9 cm³/mol. The lowest BCUT2D eigenvalue weighted by Gasteiger charge is -2.13. The number of carbonyl (C=O) groups is 1. The molecule has 0 aliphatic carbocycles. The number of hydrogen-bond donors (Lipinski definition) is 1. The van der Waals surface area contributed by atoms with Crippen molar-refractivity contribution in [2.45, 2.75) is 13.8 Å². The van der Waals surface area contributed by atoms with Crippen LogP contribution in [0, 0.1) is 13.8 Å². The largest absolute Gasteiger partial charge is 0.496 e. The van der Waals surface area contributed by atoms with Crippen LogP contribution in [0.3, 0.4) is 0 Å². The van der Waals surface area contributed by atoms with Gasteiger partial charge in [0, 0.05) is 21.7 Å². The van der Waals surface area contributed by atoms with Crippen LogP contribution in [-0.4, -0.2) is 19.4 Å². The Morgan fingerprint density at radius 3 is 2.53 bits per heavy atom. The summed E-state index contributed by atoms with van der Waals surface area (Å²) in [4.78, 5) is 11.5. The highest BCUT2D eigenvalue weighted by Gasteiger charge is 2.15. The van der Waals surface area contributed by atoms with Gasteiger partial charge in [0.05, 0.1) is 13.7 Å². The van der Waals surface area contributed by atoms with Gasteiger partial charge in [0.15, 0.2) is 5.78 Å². The fraction of sp³-hybridized carbons (Fsp3) is 0.364. The van der Waals surface area contributed by atoms with Crippen molar-refractivity contribution in [3.05, 3.63) is 27.8 Å². The standard InChI is InChI=1S/C11H14ClNO2/c1-6-8(10(14)5-13)4-9(12)7(2)11(6)15-3/h4H,5,13H2,1-3H3. The number of benzene rings is 1. The molecule has 4 heteroatoms. The lowest BCUT2D eigenvalue weighted by Crippen LogP contribution is -2.15. The molecule has 0 aromatic heterocycles. The number of nitrogens with two attached hydrogens (primary N) is 1. The van der Waals surface area contributed by atoms with E-state index in [9.17, 15) is 4.79 Å². The van der Waals surface area contributed by atoms with E-state index < -0.39 is 0 Å². The van der Waals surface area contributed by atoms with Crippen molar-refractivity contribution in [1.29, 1.82) is 0 Å². The van der Waals surface area contributed by atoms with Crippen molar-refractivity contribution in [2.24, 2.45) is 5.73 Å². The minimum absolute atomic E-state index is 0.0244. The minimum Gasteiger partial charge on any atom is -0.496 e. The topological polar surface area (TPSA) is 52.3 Å². The molecule has 0 saturated heterocycles.